The van der Waals surface area contributed by atoms with Crippen LogP contribution in [0.3, 0.4) is 0 Å². The predicted octanol–water partition coefficient (Wildman–Crippen LogP) is 5.03. The molecule has 2 aromatic carbocycles. The third kappa shape index (κ3) is 4.81. The van der Waals surface area contributed by atoms with Crippen LogP contribution in [0.25, 0.3) is 5.03 Å². The Hall–Kier alpha value is -1.97. The van der Waals surface area contributed by atoms with E-state index >= 15 is 0 Å². The quantitative estimate of drug-likeness (QED) is 0.619. The normalized spacial score (nSPS) is 11.7. The van der Waals surface area contributed by atoms with Crippen LogP contribution in [-0.2, 0) is 0 Å². The molecule has 21 heavy (non-hydrogen) atoms. The second kappa shape index (κ2) is 7.72. The Morgan fingerprint density at radius 1 is 1.10 bits per heavy atom. The summed E-state index contributed by atoms with van der Waals surface area (Å²) in [6.07, 6.45) is 3.31. The zero-order valence-corrected chi connectivity index (χ0v) is 12.9. The van der Waals surface area contributed by atoms with Gasteiger partial charge in [-0.25, -0.2) is 0 Å². The van der Waals surface area contributed by atoms with Crippen molar-refractivity contribution in [1.82, 2.24) is 0 Å². The fourth-order valence-corrected chi connectivity index (χ4v) is 1.89. The largest absolute Gasteiger partial charge is 0.497 e. The van der Waals surface area contributed by atoms with Gasteiger partial charge < -0.3 is 4.74 Å². The molecule has 0 bridgehead atoms. The topological polar surface area (TPSA) is 33.6 Å². The number of nitrogens with zero attached hydrogens (tertiary/aromatic N) is 1. The number of methoxy groups -OCH3 is 1. The van der Waals surface area contributed by atoms with E-state index in [1.54, 1.807) is 31.5 Å². The van der Waals surface area contributed by atoms with Gasteiger partial charge in [0, 0.05) is 16.3 Å². The average molecular weight is 321 g/mol. The Morgan fingerprint density at radius 3 is 2.38 bits per heavy atom. The van der Waals surface area contributed by atoms with Crippen molar-refractivity contribution in [3.63, 3.8) is 0 Å². The average Bonchev–Trinajstić information content (AvgIpc) is 2.52. The summed E-state index contributed by atoms with van der Waals surface area (Å²) in [5.41, 5.74) is 4.65. The number of nitrogens with one attached hydrogen (secondary N) is 1. The smallest absolute Gasteiger partial charge is 0.119 e. The first-order chi connectivity index (χ1) is 10.2. The minimum Gasteiger partial charge on any atom is -0.497 e. The van der Waals surface area contributed by atoms with Crippen LogP contribution in [0.1, 0.15) is 5.56 Å². The lowest BCUT2D eigenvalue weighted by Crippen LogP contribution is -1.89. The van der Waals surface area contributed by atoms with Crippen molar-refractivity contribution < 1.29 is 4.74 Å². The highest BCUT2D eigenvalue weighted by Gasteiger charge is 1.96. The zero-order valence-electron chi connectivity index (χ0n) is 11.4. The SMILES string of the molecule is COc1ccc(N/N=C/C=C(\Cl)c2ccc(Cl)cc2)cc1. The molecule has 1 N–H and O–H groups in total. The van der Waals surface area contributed by atoms with E-state index in [0.717, 1.165) is 17.0 Å². The summed E-state index contributed by atoms with van der Waals surface area (Å²) in [5, 5.41) is 5.35. The molecule has 108 valence electrons. The van der Waals surface area contributed by atoms with Gasteiger partial charge in [-0.15, -0.1) is 0 Å². The van der Waals surface area contributed by atoms with Gasteiger partial charge in [-0.3, -0.25) is 5.43 Å². The van der Waals surface area contributed by atoms with E-state index < -0.39 is 0 Å². The third-order valence-corrected chi connectivity index (χ3v) is 3.30. The maximum Gasteiger partial charge on any atom is 0.119 e. The summed E-state index contributed by atoms with van der Waals surface area (Å²) in [6.45, 7) is 0. The number of ether oxygens (including phenoxy) is 1. The van der Waals surface area contributed by atoms with E-state index in [-0.39, 0.29) is 0 Å². The maximum atomic E-state index is 6.16. The Kier molecular flexibility index (Phi) is 5.67. The minimum absolute atomic E-state index is 0.590. The lowest BCUT2D eigenvalue weighted by atomic mass is 10.2. The molecule has 5 heteroatoms. The van der Waals surface area contributed by atoms with Crippen molar-refractivity contribution in [1.29, 1.82) is 0 Å². The molecule has 3 nitrogen and oxygen atoms in total. The van der Waals surface area contributed by atoms with E-state index in [4.69, 9.17) is 27.9 Å². The van der Waals surface area contributed by atoms with Crippen molar-refractivity contribution in [2.45, 2.75) is 0 Å². The van der Waals surface area contributed by atoms with Gasteiger partial charge in [-0.05, 0) is 48.0 Å². The second-order valence-corrected chi connectivity index (χ2v) is 4.98. The fraction of sp³-hybridized carbons (Fsp3) is 0.0625. The lowest BCUT2D eigenvalue weighted by molar-refractivity contribution is 0.415. The number of benzene rings is 2. The first-order valence-electron chi connectivity index (χ1n) is 6.24. The summed E-state index contributed by atoms with van der Waals surface area (Å²) in [7, 11) is 1.63. The summed E-state index contributed by atoms with van der Waals surface area (Å²) >= 11 is 12.0. The summed E-state index contributed by atoms with van der Waals surface area (Å²) < 4.78 is 5.08. The van der Waals surface area contributed by atoms with Crippen molar-refractivity contribution in [3.05, 3.63) is 65.2 Å². The van der Waals surface area contributed by atoms with Crippen LogP contribution < -0.4 is 10.2 Å². The third-order valence-electron chi connectivity index (χ3n) is 2.70. The van der Waals surface area contributed by atoms with Gasteiger partial charge in [-0.2, -0.15) is 5.10 Å². The van der Waals surface area contributed by atoms with E-state index in [9.17, 15) is 0 Å². The van der Waals surface area contributed by atoms with Crippen LogP contribution in [0, 0.1) is 0 Å². The molecule has 0 aliphatic heterocycles. The number of allylic oxidation sites excluding steroid dienone is 1. The van der Waals surface area contributed by atoms with E-state index in [2.05, 4.69) is 10.5 Å². The molecule has 0 aliphatic rings. The zero-order chi connectivity index (χ0) is 15.1. The Morgan fingerprint density at radius 2 is 1.76 bits per heavy atom. The molecular weight excluding hydrogens is 307 g/mol. The number of hydrogen-bond donors (Lipinski definition) is 1. The van der Waals surface area contributed by atoms with Crippen LogP contribution in [-0.4, -0.2) is 13.3 Å². The maximum absolute atomic E-state index is 6.16. The Labute approximate surface area is 133 Å². The van der Waals surface area contributed by atoms with Crippen molar-refractivity contribution >= 4 is 40.1 Å². The molecule has 0 atom stereocenters. The van der Waals surface area contributed by atoms with Gasteiger partial charge in [0.2, 0.25) is 0 Å². The first-order valence-corrected chi connectivity index (χ1v) is 6.99. The van der Waals surface area contributed by atoms with Gasteiger partial charge in [0.15, 0.2) is 0 Å². The Bertz CT molecular complexity index is 634. The molecule has 2 aromatic rings. The standard InChI is InChI=1S/C16H14Cl2N2O/c1-21-15-8-6-14(7-9-15)20-19-11-10-16(18)12-2-4-13(17)5-3-12/h2-11,20H,1H3/b16-10-,19-11+. The van der Waals surface area contributed by atoms with Gasteiger partial charge >= 0.3 is 0 Å². The van der Waals surface area contributed by atoms with E-state index in [1.807, 2.05) is 36.4 Å². The molecule has 0 aromatic heterocycles. The van der Waals surface area contributed by atoms with E-state index in [1.165, 1.54) is 0 Å². The van der Waals surface area contributed by atoms with Gasteiger partial charge in [0.25, 0.3) is 0 Å². The van der Waals surface area contributed by atoms with Gasteiger partial charge in [0.1, 0.15) is 5.75 Å². The highest BCUT2D eigenvalue weighted by molar-refractivity contribution is 6.49. The molecule has 0 radical (unpaired) electrons. The molecule has 0 saturated carbocycles. The van der Waals surface area contributed by atoms with Gasteiger partial charge in [0.05, 0.1) is 12.8 Å². The van der Waals surface area contributed by atoms with Crippen LogP contribution in [0.5, 0.6) is 5.75 Å². The first kappa shape index (κ1) is 15.4. The molecule has 0 aliphatic carbocycles. The van der Waals surface area contributed by atoms with Gasteiger partial charge in [-0.1, -0.05) is 35.3 Å². The van der Waals surface area contributed by atoms with Crippen LogP contribution in [0.2, 0.25) is 5.02 Å². The summed E-state index contributed by atoms with van der Waals surface area (Å²) in [5.74, 6) is 0.801. The number of rotatable bonds is 5. The number of hydrazone groups is 1. The van der Waals surface area contributed by atoms with Crippen LogP contribution >= 0.6 is 23.2 Å². The van der Waals surface area contributed by atoms with Crippen molar-refractivity contribution in [3.8, 4) is 5.75 Å². The monoisotopic (exact) mass is 320 g/mol. The molecule has 0 unspecified atom stereocenters. The summed E-state index contributed by atoms with van der Waals surface area (Å²) in [4.78, 5) is 0. The Balaban J connectivity index is 1.94. The highest BCUT2D eigenvalue weighted by atomic mass is 35.5. The van der Waals surface area contributed by atoms with Crippen LogP contribution in [0.15, 0.2) is 59.7 Å². The number of anilines is 1. The molecule has 0 amide bonds. The van der Waals surface area contributed by atoms with Crippen molar-refractivity contribution in [2.75, 3.05) is 12.5 Å². The molecule has 0 heterocycles. The summed E-state index contributed by atoms with van der Waals surface area (Å²) in [6, 6.07) is 14.8. The van der Waals surface area contributed by atoms with E-state index in [0.29, 0.717) is 10.1 Å². The molecule has 0 spiro atoms. The predicted molar refractivity (Wildman–Crippen MR) is 90.4 cm³/mol. The number of hydrogen-bond acceptors (Lipinski definition) is 3. The molecular formula is C16H14Cl2N2O. The lowest BCUT2D eigenvalue weighted by Gasteiger charge is -2.02. The highest BCUT2D eigenvalue weighted by Crippen LogP contribution is 2.20. The molecule has 0 fully saturated rings. The second-order valence-electron chi connectivity index (χ2n) is 4.14. The fourth-order valence-electron chi connectivity index (χ4n) is 1.59. The minimum atomic E-state index is 0.590. The molecule has 0 saturated heterocycles. The van der Waals surface area contributed by atoms with Crippen LogP contribution in [0.4, 0.5) is 5.69 Å². The number of halogens is 2. The molecule has 2 rings (SSSR count). The van der Waals surface area contributed by atoms with Crippen molar-refractivity contribution in [2.24, 2.45) is 5.10 Å².